The zero-order valence-electron chi connectivity index (χ0n) is 16.4. The number of rotatable bonds is 12. The quantitative estimate of drug-likeness (QED) is 0.258. The molecule has 3 N–H and O–H groups in total. The van der Waals surface area contributed by atoms with Crippen molar-refractivity contribution in [2.75, 3.05) is 0 Å². The Morgan fingerprint density at radius 1 is 0.595 bits per heavy atom. The second-order valence-electron chi connectivity index (χ2n) is 6.49. The number of hydroxylamine groups is 1. The Bertz CT molecular complexity index is 991. The van der Waals surface area contributed by atoms with Gasteiger partial charge in [0.15, 0.2) is 0 Å². The number of alkyl halides is 17. The smallest absolute Gasteiger partial charge is 0.370 e. The van der Waals surface area contributed by atoms with Gasteiger partial charge in [-0.1, -0.05) is 0 Å². The second kappa shape index (κ2) is 9.44. The predicted molar refractivity (Wildman–Crippen MR) is 77.3 cm³/mol. The van der Waals surface area contributed by atoms with Crippen molar-refractivity contribution in [3.63, 3.8) is 0 Å². The van der Waals surface area contributed by atoms with Gasteiger partial charge in [0, 0.05) is 12.8 Å². The SMILES string of the molecule is NC(=O)CCC(=O)NOS(=O)(=O)C(F)(F)C(F)(F)C(F)(F)C(F)(F)C(F)(F)C(F)(F)C(F)(F)C(F)(F)F. The van der Waals surface area contributed by atoms with Crippen LogP contribution in [0.2, 0.25) is 0 Å². The van der Waals surface area contributed by atoms with Gasteiger partial charge in [0.2, 0.25) is 11.8 Å². The molecule has 0 aliphatic rings. The van der Waals surface area contributed by atoms with Gasteiger partial charge in [-0.05, 0) is 0 Å². The van der Waals surface area contributed by atoms with Crippen LogP contribution in [0.25, 0.3) is 0 Å². The van der Waals surface area contributed by atoms with Crippen LogP contribution in [0.1, 0.15) is 12.8 Å². The fraction of sp³-hybridized carbons (Fsp3) is 0.833. The highest BCUT2D eigenvalue weighted by Gasteiger charge is 2.96. The molecule has 0 unspecified atom stereocenters. The number of nitrogens with two attached hydrogens (primary N) is 1. The molecule has 0 radical (unpaired) electrons. The Labute approximate surface area is 191 Å². The van der Waals surface area contributed by atoms with Gasteiger partial charge in [0.25, 0.3) is 0 Å². The summed E-state index contributed by atoms with van der Waals surface area (Å²) < 4.78 is 247. The summed E-state index contributed by atoms with van der Waals surface area (Å²) in [6, 6.07) is 0. The Kier molecular flexibility index (Phi) is 8.85. The van der Waals surface area contributed by atoms with E-state index in [-0.39, 0.29) is 5.48 Å². The maximum Gasteiger partial charge on any atom is 0.460 e. The number of primary amides is 1. The molecular weight excluding hydrogens is 607 g/mol. The van der Waals surface area contributed by atoms with Gasteiger partial charge < -0.3 is 5.73 Å². The first-order valence-corrected chi connectivity index (χ1v) is 9.43. The molecule has 0 heterocycles. The minimum Gasteiger partial charge on any atom is -0.370 e. The molecule has 2 amide bonds. The van der Waals surface area contributed by atoms with Crippen molar-refractivity contribution in [1.82, 2.24) is 5.48 Å². The predicted octanol–water partition coefficient (Wildman–Crippen LogP) is 3.60. The first-order valence-electron chi connectivity index (χ1n) is 8.02. The van der Waals surface area contributed by atoms with E-state index in [1.54, 1.807) is 0 Å². The summed E-state index contributed by atoms with van der Waals surface area (Å²) in [5.41, 5.74) is 4.74. The maximum atomic E-state index is 13.6. The standard InChI is InChI=1S/C12H7F17N2O5S/c13-5(14,7(17,18)9(21,22)11(25,26)27)6(15,16)8(19,20)10(23,24)12(28,29)37(34,35)36-31-4(33)2-1-3(30)32/h1-2H2,(H2,30,32)(H,31,33). The number of hydrogen-bond donors (Lipinski definition) is 2. The molecule has 220 valence electrons. The van der Waals surface area contributed by atoms with Crippen LogP contribution >= 0.6 is 0 Å². The lowest BCUT2D eigenvalue weighted by atomic mass is 9.91. The van der Waals surface area contributed by atoms with Crippen molar-refractivity contribution in [3.05, 3.63) is 0 Å². The summed E-state index contributed by atoms with van der Waals surface area (Å²) in [7, 11) is -7.93. The van der Waals surface area contributed by atoms with Crippen LogP contribution in [0.5, 0.6) is 0 Å². The first-order chi connectivity index (χ1) is 15.8. The largest absolute Gasteiger partial charge is 0.460 e. The Morgan fingerprint density at radius 2 is 0.919 bits per heavy atom. The number of nitrogens with one attached hydrogen (secondary N) is 1. The van der Waals surface area contributed by atoms with E-state index in [0.29, 0.717) is 0 Å². The minimum absolute atomic E-state index is 0.265. The van der Waals surface area contributed by atoms with Crippen molar-refractivity contribution in [2.24, 2.45) is 5.73 Å². The Hall–Kier alpha value is -2.34. The Balaban J connectivity index is 6.57. The summed E-state index contributed by atoms with van der Waals surface area (Å²) in [5, 5.41) is -7.94. The third kappa shape index (κ3) is 5.19. The number of carbonyl (C=O) groups excluding carboxylic acids is 2. The fourth-order valence-electron chi connectivity index (χ4n) is 1.75. The first kappa shape index (κ1) is 34.7. The van der Waals surface area contributed by atoms with Gasteiger partial charge in [0.05, 0.1) is 0 Å². The highest BCUT2D eigenvalue weighted by atomic mass is 32.2. The van der Waals surface area contributed by atoms with Crippen molar-refractivity contribution < 1.29 is 96.9 Å². The van der Waals surface area contributed by atoms with E-state index in [2.05, 4.69) is 10.0 Å². The maximum absolute atomic E-state index is 13.6. The number of amides is 2. The van der Waals surface area contributed by atoms with Crippen LogP contribution in [0.3, 0.4) is 0 Å². The average molecular weight is 614 g/mol. The molecule has 0 fully saturated rings. The number of halogens is 17. The average Bonchev–Trinajstić information content (AvgIpc) is 2.68. The molecule has 0 aromatic carbocycles. The summed E-state index contributed by atoms with van der Waals surface area (Å²) in [5.74, 6) is -55.9. The van der Waals surface area contributed by atoms with Crippen molar-refractivity contribution >= 4 is 21.9 Å². The van der Waals surface area contributed by atoms with Crippen LogP contribution in [-0.2, 0) is 24.0 Å². The molecule has 0 spiro atoms. The zero-order chi connectivity index (χ0) is 30.5. The van der Waals surface area contributed by atoms with Crippen LogP contribution in [0, 0.1) is 0 Å². The normalized spacial score (nSPS) is 15.5. The monoisotopic (exact) mass is 614 g/mol. The van der Waals surface area contributed by atoms with Crippen LogP contribution < -0.4 is 11.2 Å². The lowest BCUT2D eigenvalue weighted by Gasteiger charge is -2.42. The topological polar surface area (TPSA) is 116 Å². The molecular formula is C12H7F17N2O5S. The molecule has 0 atom stereocenters. The van der Waals surface area contributed by atoms with Gasteiger partial charge in [-0.25, -0.2) is 5.48 Å². The third-order valence-electron chi connectivity index (χ3n) is 3.87. The van der Waals surface area contributed by atoms with Gasteiger partial charge in [-0.3, -0.25) is 9.59 Å². The Morgan fingerprint density at radius 3 is 1.24 bits per heavy atom. The van der Waals surface area contributed by atoms with Gasteiger partial charge in [-0.15, -0.1) is 4.28 Å². The summed E-state index contributed by atoms with van der Waals surface area (Å²) in [6.07, 6.45) is -10.3. The molecule has 0 aliphatic heterocycles. The zero-order valence-corrected chi connectivity index (χ0v) is 17.2. The van der Waals surface area contributed by atoms with Crippen LogP contribution in [-0.4, -0.2) is 67.2 Å². The third-order valence-corrected chi connectivity index (χ3v) is 5.06. The molecule has 7 nitrogen and oxygen atoms in total. The van der Waals surface area contributed by atoms with Gasteiger partial charge in [-0.2, -0.15) is 83.1 Å². The van der Waals surface area contributed by atoms with E-state index in [4.69, 9.17) is 0 Å². The molecule has 25 heteroatoms. The van der Waals surface area contributed by atoms with Gasteiger partial charge in [0.1, 0.15) is 0 Å². The molecule has 0 bridgehead atoms. The summed E-state index contributed by atoms with van der Waals surface area (Å²) in [4.78, 5) is 21.3. The van der Waals surface area contributed by atoms with E-state index < -0.39 is 81.7 Å². The van der Waals surface area contributed by atoms with Crippen LogP contribution in [0.4, 0.5) is 74.6 Å². The minimum atomic E-state index is -8.99. The van der Waals surface area contributed by atoms with Crippen molar-refractivity contribution in [1.29, 1.82) is 0 Å². The number of hydrogen-bond acceptors (Lipinski definition) is 5. The molecule has 0 aliphatic carbocycles. The van der Waals surface area contributed by atoms with Crippen LogP contribution in [0.15, 0.2) is 0 Å². The highest BCUT2D eigenvalue weighted by Crippen LogP contribution is 2.64. The summed E-state index contributed by atoms with van der Waals surface area (Å²) >= 11 is 0. The highest BCUT2D eigenvalue weighted by molar-refractivity contribution is 7.87. The lowest BCUT2D eigenvalue weighted by molar-refractivity contribution is -0.458. The fourth-order valence-corrected chi connectivity index (χ4v) is 2.50. The van der Waals surface area contributed by atoms with Gasteiger partial charge >= 0.3 is 57.1 Å². The molecule has 0 aromatic heterocycles. The van der Waals surface area contributed by atoms with E-state index in [1.807, 2.05) is 0 Å². The van der Waals surface area contributed by atoms with E-state index >= 15 is 0 Å². The number of carbonyl (C=O) groups is 2. The molecule has 0 aromatic rings. The van der Waals surface area contributed by atoms with Crippen molar-refractivity contribution in [3.8, 4) is 0 Å². The van der Waals surface area contributed by atoms with Crippen molar-refractivity contribution in [2.45, 2.75) is 59.8 Å². The lowest BCUT2D eigenvalue weighted by Crippen LogP contribution is -2.75. The molecule has 0 saturated carbocycles. The summed E-state index contributed by atoms with van der Waals surface area (Å²) in [6.45, 7) is 0. The van der Waals surface area contributed by atoms with E-state index in [1.165, 1.54) is 0 Å². The molecule has 37 heavy (non-hydrogen) atoms. The molecule has 0 saturated heterocycles. The second-order valence-corrected chi connectivity index (χ2v) is 8.08. The molecule has 0 rings (SSSR count). The van der Waals surface area contributed by atoms with E-state index in [0.717, 1.165) is 0 Å². The van der Waals surface area contributed by atoms with E-state index in [9.17, 15) is 92.6 Å².